The van der Waals surface area contributed by atoms with Gasteiger partial charge < -0.3 is 19.4 Å². The summed E-state index contributed by atoms with van der Waals surface area (Å²) in [7, 11) is 1.80. The Labute approximate surface area is 205 Å². The number of H-pyrrole nitrogens is 1. The Balaban J connectivity index is 1.21. The minimum atomic E-state index is 0.259. The Hall–Kier alpha value is -3.23. The Morgan fingerprint density at radius 1 is 0.943 bits per heavy atom. The number of fused-ring (bicyclic) bond motifs is 2. The Morgan fingerprint density at radius 3 is 2.71 bits per heavy atom. The molecular weight excluding hydrogens is 440 g/mol. The van der Waals surface area contributed by atoms with Gasteiger partial charge in [-0.3, -0.25) is 4.90 Å². The molecule has 2 atom stereocenters. The van der Waals surface area contributed by atoms with Crippen molar-refractivity contribution in [2.75, 3.05) is 38.3 Å². The number of likely N-dealkylation sites (tertiary alicyclic amines) is 1. The zero-order chi connectivity index (χ0) is 23.6. The van der Waals surface area contributed by atoms with Crippen molar-refractivity contribution in [2.24, 2.45) is 0 Å². The fourth-order valence-corrected chi connectivity index (χ4v) is 5.74. The summed E-state index contributed by atoms with van der Waals surface area (Å²) in [6, 6.07) is 13.8. The molecule has 4 aromatic rings. The van der Waals surface area contributed by atoms with E-state index in [-0.39, 0.29) is 6.04 Å². The normalized spacial score (nSPS) is 20.9. The Kier molecular flexibility index (Phi) is 6.22. The van der Waals surface area contributed by atoms with E-state index in [0.29, 0.717) is 18.3 Å². The van der Waals surface area contributed by atoms with Gasteiger partial charge >= 0.3 is 0 Å². The van der Waals surface area contributed by atoms with E-state index in [4.69, 9.17) is 9.47 Å². The fourth-order valence-electron chi connectivity index (χ4n) is 5.74. The Bertz CT molecular complexity index is 1310. The first-order valence-corrected chi connectivity index (χ1v) is 12.6. The molecule has 2 fully saturated rings. The van der Waals surface area contributed by atoms with Gasteiger partial charge in [0.05, 0.1) is 19.0 Å². The third-order valence-corrected chi connectivity index (χ3v) is 7.49. The van der Waals surface area contributed by atoms with Gasteiger partial charge in [-0.25, -0.2) is 15.0 Å². The van der Waals surface area contributed by atoms with Crippen LogP contribution in [0.1, 0.15) is 31.2 Å². The number of benzene rings is 2. The van der Waals surface area contributed by atoms with E-state index in [1.807, 2.05) is 0 Å². The second-order valence-corrected chi connectivity index (χ2v) is 9.59. The third kappa shape index (κ3) is 4.32. The van der Waals surface area contributed by atoms with Crippen LogP contribution in [0.25, 0.3) is 21.9 Å². The van der Waals surface area contributed by atoms with Gasteiger partial charge in [0.25, 0.3) is 0 Å². The summed E-state index contributed by atoms with van der Waals surface area (Å²) in [6.07, 6.45) is 7.91. The molecule has 0 unspecified atom stereocenters. The highest BCUT2D eigenvalue weighted by Crippen LogP contribution is 2.33. The van der Waals surface area contributed by atoms with Crippen molar-refractivity contribution in [2.45, 2.75) is 44.3 Å². The largest absolute Gasteiger partial charge is 0.491 e. The number of aromatic amines is 1. The zero-order valence-corrected chi connectivity index (χ0v) is 20.2. The standard InChI is InChI=1S/C27H32N6O2/c1-34-15-20-6-4-12-32(20)14-19-10-11-24(23-9-3-2-8-22(19)23)35-16-21-7-5-13-33(21)27-25-26(29-17-28-25)30-18-31-27/h2-3,8-11,17-18,20-21H,4-7,12-16H2,1H3,(H,28,29,30,31)/t20-,21-/m1/s1. The smallest absolute Gasteiger partial charge is 0.182 e. The Morgan fingerprint density at radius 2 is 1.80 bits per heavy atom. The molecule has 4 heterocycles. The van der Waals surface area contributed by atoms with Gasteiger partial charge in [-0.15, -0.1) is 0 Å². The molecular formula is C27H32N6O2. The van der Waals surface area contributed by atoms with Crippen LogP contribution in [0.4, 0.5) is 5.82 Å². The molecule has 35 heavy (non-hydrogen) atoms. The average Bonchev–Trinajstić information content (AvgIpc) is 3.65. The molecule has 0 amide bonds. The fraction of sp³-hybridized carbons (Fsp3) is 0.444. The number of ether oxygens (including phenoxy) is 2. The maximum atomic E-state index is 6.49. The summed E-state index contributed by atoms with van der Waals surface area (Å²) >= 11 is 0. The lowest BCUT2D eigenvalue weighted by atomic mass is 10.0. The lowest BCUT2D eigenvalue weighted by Gasteiger charge is -2.27. The van der Waals surface area contributed by atoms with Crippen LogP contribution in [0.3, 0.4) is 0 Å². The first-order chi connectivity index (χ1) is 17.3. The molecule has 0 aliphatic carbocycles. The summed E-state index contributed by atoms with van der Waals surface area (Å²) in [5.74, 6) is 1.86. The predicted molar refractivity (Wildman–Crippen MR) is 137 cm³/mol. The number of rotatable bonds is 8. The molecule has 0 spiro atoms. The number of aromatic nitrogens is 4. The van der Waals surface area contributed by atoms with Crippen molar-refractivity contribution in [1.82, 2.24) is 24.8 Å². The van der Waals surface area contributed by atoms with E-state index >= 15 is 0 Å². The van der Waals surface area contributed by atoms with Gasteiger partial charge in [0.15, 0.2) is 11.5 Å². The van der Waals surface area contributed by atoms with Gasteiger partial charge in [0.1, 0.15) is 24.2 Å². The number of hydrogen-bond donors (Lipinski definition) is 1. The van der Waals surface area contributed by atoms with Crippen LogP contribution in [0.5, 0.6) is 5.75 Å². The van der Waals surface area contributed by atoms with Crippen LogP contribution < -0.4 is 9.64 Å². The summed E-state index contributed by atoms with van der Waals surface area (Å²) < 4.78 is 12.0. The summed E-state index contributed by atoms with van der Waals surface area (Å²) in [5, 5.41) is 2.45. The van der Waals surface area contributed by atoms with Crippen LogP contribution in [0.2, 0.25) is 0 Å². The summed E-state index contributed by atoms with van der Waals surface area (Å²) in [5.41, 5.74) is 2.94. The number of methoxy groups -OCH3 is 1. The van der Waals surface area contributed by atoms with Crippen LogP contribution in [0, 0.1) is 0 Å². The molecule has 0 radical (unpaired) electrons. The first kappa shape index (κ1) is 22.2. The highest BCUT2D eigenvalue weighted by Gasteiger charge is 2.29. The van der Waals surface area contributed by atoms with Gasteiger partial charge in [0, 0.05) is 31.6 Å². The lowest BCUT2D eigenvalue weighted by Crippen LogP contribution is -2.35. The molecule has 2 saturated heterocycles. The molecule has 0 saturated carbocycles. The van der Waals surface area contributed by atoms with Crippen molar-refractivity contribution in [1.29, 1.82) is 0 Å². The highest BCUT2D eigenvalue weighted by molar-refractivity contribution is 5.91. The molecule has 2 aromatic heterocycles. The second-order valence-electron chi connectivity index (χ2n) is 9.59. The minimum absolute atomic E-state index is 0.259. The van der Waals surface area contributed by atoms with E-state index in [0.717, 1.165) is 56.2 Å². The second kappa shape index (κ2) is 9.79. The first-order valence-electron chi connectivity index (χ1n) is 12.6. The number of anilines is 1. The molecule has 1 N–H and O–H groups in total. The van der Waals surface area contributed by atoms with E-state index in [9.17, 15) is 0 Å². The molecule has 2 aromatic carbocycles. The number of nitrogens with zero attached hydrogens (tertiary/aromatic N) is 5. The molecule has 8 nitrogen and oxygen atoms in total. The predicted octanol–water partition coefficient (Wildman–Crippen LogP) is 4.16. The summed E-state index contributed by atoms with van der Waals surface area (Å²) in [6.45, 7) is 4.44. The van der Waals surface area contributed by atoms with Crippen molar-refractivity contribution in [3.63, 3.8) is 0 Å². The summed E-state index contributed by atoms with van der Waals surface area (Å²) in [4.78, 5) is 21.2. The minimum Gasteiger partial charge on any atom is -0.491 e. The quantitative estimate of drug-likeness (QED) is 0.412. The van der Waals surface area contributed by atoms with E-state index in [2.05, 4.69) is 66.1 Å². The van der Waals surface area contributed by atoms with Crippen molar-refractivity contribution >= 4 is 27.8 Å². The van der Waals surface area contributed by atoms with E-state index in [1.54, 1.807) is 19.8 Å². The highest BCUT2D eigenvalue weighted by atomic mass is 16.5. The van der Waals surface area contributed by atoms with Gasteiger partial charge in [-0.05, 0) is 49.2 Å². The third-order valence-electron chi connectivity index (χ3n) is 7.49. The van der Waals surface area contributed by atoms with Crippen LogP contribution >= 0.6 is 0 Å². The molecule has 2 aliphatic heterocycles. The van der Waals surface area contributed by atoms with Gasteiger partial charge in [0.2, 0.25) is 0 Å². The molecule has 182 valence electrons. The van der Waals surface area contributed by atoms with Gasteiger partial charge in [-0.1, -0.05) is 30.3 Å². The number of nitrogens with one attached hydrogen (secondary N) is 1. The molecule has 8 heteroatoms. The molecule has 6 rings (SSSR count). The topological polar surface area (TPSA) is 79.4 Å². The van der Waals surface area contributed by atoms with Crippen LogP contribution in [0.15, 0.2) is 49.1 Å². The molecule has 2 aliphatic rings. The van der Waals surface area contributed by atoms with Crippen molar-refractivity contribution in [3.05, 3.63) is 54.6 Å². The molecule has 0 bridgehead atoms. The van der Waals surface area contributed by atoms with Gasteiger partial charge in [-0.2, -0.15) is 0 Å². The number of imidazole rings is 1. The zero-order valence-electron chi connectivity index (χ0n) is 20.2. The monoisotopic (exact) mass is 472 g/mol. The van der Waals surface area contributed by atoms with Crippen molar-refractivity contribution < 1.29 is 9.47 Å². The maximum Gasteiger partial charge on any atom is 0.182 e. The van der Waals surface area contributed by atoms with E-state index < -0.39 is 0 Å². The SMILES string of the molecule is COC[C@H]1CCCN1Cc1ccc(OC[C@H]2CCCN2c2ncnc3nc[nH]c23)c2ccccc12. The number of hydrogen-bond acceptors (Lipinski definition) is 7. The van der Waals surface area contributed by atoms with Crippen LogP contribution in [-0.2, 0) is 11.3 Å². The lowest BCUT2D eigenvalue weighted by molar-refractivity contribution is 0.112. The van der Waals surface area contributed by atoms with Crippen LogP contribution in [-0.4, -0.2) is 70.3 Å². The maximum absolute atomic E-state index is 6.49. The average molecular weight is 473 g/mol. The van der Waals surface area contributed by atoms with Crippen molar-refractivity contribution in [3.8, 4) is 5.75 Å². The van der Waals surface area contributed by atoms with E-state index in [1.165, 1.54) is 29.2 Å².